The van der Waals surface area contributed by atoms with Crippen molar-refractivity contribution in [2.45, 2.75) is 12.6 Å². The number of carbonyl (C=O) groups is 1. The Morgan fingerprint density at radius 3 is 2.78 bits per heavy atom. The molecular formula is C20H17N3O4. The number of hydrogen-bond acceptors (Lipinski definition) is 5. The first-order valence-corrected chi connectivity index (χ1v) is 8.44. The van der Waals surface area contributed by atoms with Crippen LogP contribution in [-0.4, -0.2) is 28.3 Å². The van der Waals surface area contributed by atoms with Gasteiger partial charge in [-0.25, -0.2) is 0 Å². The van der Waals surface area contributed by atoms with Gasteiger partial charge in [-0.1, -0.05) is 36.4 Å². The molecule has 2 heterocycles. The van der Waals surface area contributed by atoms with E-state index in [1.807, 2.05) is 30.3 Å². The molecule has 2 aromatic carbocycles. The molecule has 0 saturated heterocycles. The molecule has 0 radical (unpaired) electrons. The van der Waals surface area contributed by atoms with Gasteiger partial charge in [0, 0.05) is 11.9 Å². The topological polar surface area (TPSA) is 85.4 Å². The normalized spacial score (nSPS) is 15.9. The summed E-state index contributed by atoms with van der Waals surface area (Å²) in [4.78, 5) is 12.4. The van der Waals surface area contributed by atoms with Crippen LogP contribution in [0.3, 0.4) is 0 Å². The lowest BCUT2D eigenvalue weighted by atomic mass is 10.2. The summed E-state index contributed by atoms with van der Waals surface area (Å²) in [6.45, 7) is 4.16. The Kier molecular flexibility index (Phi) is 4.33. The van der Waals surface area contributed by atoms with E-state index in [0.29, 0.717) is 23.4 Å². The summed E-state index contributed by atoms with van der Waals surface area (Å²) in [5, 5.41) is 18.9. The number of aromatic hydroxyl groups is 1. The molecule has 1 aromatic heterocycles. The fourth-order valence-corrected chi connectivity index (χ4v) is 2.99. The summed E-state index contributed by atoms with van der Waals surface area (Å²) in [6.07, 6.45) is 0.787. The van der Waals surface area contributed by atoms with Gasteiger partial charge in [0.2, 0.25) is 12.0 Å². The van der Waals surface area contributed by atoms with Crippen molar-refractivity contribution in [1.29, 1.82) is 0 Å². The minimum Gasteiger partial charge on any atom is -0.493 e. The number of fused-ring (bicyclic) bond motifs is 2. The predicted octanol–water partition coefficient (Wildman–Crippen LogP) is 3.98. The van der Waals surface area contributed by atoms with Crippen molar-refractivity contribution in [3.8, 4) is 17.4 Å². The molecule has 3 aromatic rings. The van der Waals surface area contributed by atoms with Gasteiger partial charge in [0.15, 0.2) is 17.2 Å². The smallest absolute Gasteiger partial charge is 0.308 e. The standard InChI is InChI=1S/C20H17N3O4/c1-2-11-23-14-8-4-3-7-13(14)18(20(23)25)21-22-19(24)17-12-26-15-9-5-6-10-16(15)27-17/h2-10,17,25H,1,11-12H2/t17-/m1/s1. The van der Waals surface area contributed by atoms with Crippen LogP contribution < -0.4 is 9.47 Å². The Labute approximate surface area is 155 Å². The minimum absolute atomic E-state index is 0.0546. The van der Waals surface area contributed by atoms with Crippen molar-refractivity contribution in [1.82, 2.24) is 4.57 Å². The number of para-hydroxylation sites is 3. The number of benzene rings is 2. The maximum atomic E-state index is 12.4. The number of rotatable bonds is 4. The SMILES string of the molecule is C=CCn1c(O)c(N=NC(=O)[C@H]2COc3ccccc3O2)c2ccccc21. The quantitative estimate of drug-likeness (QED) is 0.561. The van der Waals surface area contributed by atoms with E-state index in [1.165, 1.54) is 0 Å². The van der Waals surface area contributed by atoms with Crippen LogP contribution in [0.1, 0.15) is 0 Å². The average Bonchev–Trinajstić information content (AvgIpc) is 2.97. The van der Waals surface area contributed by atoms with Crippen LogP contribution in [0.5, 0.6) is 17.4 Å². The highest BCUT2D eigenvalue weighted by Gasteiger charge is 2.27. The minimum atomic E-state index is -0.882. The van der Waals surface area contributed by atoms with Crippen molar-refractivity contribution >= 4 is 22.5 Å². The van der Waals surface area contributed by atoms with E-state index in [9.17, 15) is 9.90 Å². The zero-order chi connectivity index (χ0) is 18.8. The maximum absolute atomic E-state index is 12.4. The van der Waals surface area contributed by atoms with Gasteiger partial charge >= 0.3 is 5.91 Å². The summed E-state index contributed by atoms with van der Waals surface area (Å²) in [7, 11) is 0. The van der Waals surface area contributed by atoms with Gasteiger partial charge in [-0.05, 0) is 18.2 Å². The molecule has 4 rings (SSSR count). The molecule has 1 amide bonds. The van der Waals surface area contributed by atoms with Gasteiger partial charge in [0.05, 0.1) is 5.52 Å². The van der Waals surface area contributed by atoms with Crippen molar-refractivity contribution in [3.63, 3.8) is 0 Å². The number of nitrogens with zero attached hydrogens (tertiary/aromatic N) is 3. The molecule has 7 nitrogen and oxygen atoms in total. The third-order valence-corrected chi connectivity index (χ3v) is 4.26. The van der Waals surface area contributed by atoms with Gasteiger partial charge in [-0.3, -0.25) is 4.79 Å². The first kappa shape index (κ1) is 16.8. The fraction of sp³-hybridized carbons (Fsp3) is 0.150. The second kappa shape index (κ2) is 6.95. The molecule has 0 spiro atoms. The van der Waals surface area contributed by atoms with E-state index in [4.69, 9.17) is 9.47 Å². The second-order valence-electron chi connectivity index (χ2n) is 5.99. The lowest BCUT2D eigenvalue weighted by molar-refractivity contribution is -0.127. The van der Waals surface area contributed by atoms with Crippen LogP contribution in [0.25, 0.3) is 10.9 Å². The Morgan fingerprint density at radius 1 is 1.22 bits per heavy atom. The van der Waals surface area contributed by atoms with Gasteiger partial charge in [-0.15, -0.1) is 16.8 Å². The first-order chi connectivity index (χ1) is 13.2. The molecule has 0 unspecified atom stereocenters. The van der Waals surface area contributed by atoms with Crippen LogP contribution >= 0.6 is 0 Å². The Balaban J connectivity index is 1.61. The largest absolute Gasteiger partial charge is 0.493 e. The molecule has 27 heavy (non-hydrogen) atoms. The number of carbonyl (C=O) groups excluding carboxylic acids is 1. The highest BCUT2D eigenvalue weighted by Crippen LogP contribution is 2.39. The van der Waals surface area contributed by atoms with Gasteiger partial charge < -0.3 is 19.1 Å². The Hall–Kier alpha value is -3.61. The molecular weight excluding hydrogens is 346 g/mol. The number of hydrogen-bond donors (Lipinski definition) is 1. The van der Waals surface area contributed by atoms with Crippen LogP contribution in [-0.2, 0) is 11.3 Å². The second-order valence-corrected chi connectivity index (χ2v) is 5.99. The number of azo groups is 1. The third kappa shape index (κ3) is 3.03. The Morgan fingerprint density at radius 2 is 1.96 bits per heavy atom. The fourth-order valence-electron chi connectivity index (χ4n) is 2.99. The molecule has 0 aliphatic carbocycles. The monoisotopic (exact) mass is 363 g/mol. The zero-order valence-corrected chi connectivity index (χ0v) is 14.4. The van der Waals surface area contributed by atoms with Crippen LogP contribution in [0.4, 0.5) is 5.69 Å². The molecule has 1 aliphatic rings. The van der Waals surface area contributed by atoms with Crippen molar-refractivity contribution in [2.75, 3.05) is 6.61 Å². The van der Waals surface area contributed by atoms with E-state index in [1.54, 1.807) is 28.8 Å². The maximum Gasteiger partial charge on any atom is 0.308 e. The van der Waals surface area contributed by atoms with Gasteiger partial charge in [-0.2, -0.15) is 0 Å². The molecule has 1 aliphatic heterocycles. The van der Waals surface area contributed by atoms with Crippen molar-refractivity contribution in [2.24, 2.45) is 10.2 Å². The summed E-state index contributed by atoms with van der Waals surface area (Å²) >= 11 is 0. The van der Waals surface area contributed by atoms with E-state index >= 15 is 0 Å². The van der Waals surface area contributed by atoms with Crippen LogP contribution in [0.2, 0.25) is 0 Å². The Bertz CT molecular complexity index is 1050. The van der Waals surface area contributed by atoms with E-state index in [-0.39, 0.29) is 18.2 Å². The van der Waals surface area contributed by atoms with E-state index < -0.39 is 12.0 Å². The third-order valence-electron chi connectivity index (χ3n) is 4.26. The van der Waals surface area contributed by atoms with Gasteiger partial charge in [0.1, 0.15) is 6.61 Å². The van der Waals surface area contributed by atoms with E-state index in [0.717, 1.165) is 5.52 Å². The highest BCUT2D eigenvalue weighted by molar-refractivity contribution is 5.95. The average molecular weight is 363 g/mol. The number of allylic oxidation sites excluding steroid dienone is 1. The highest BCUT2D eigenvalue weighted by atomic mass is 16.6. The molecule has 136 valence electrons. The zero-order valence-electron chi connectivity index (χ0n) is 14.4. The van der Waals surface area contributed by atoms with Crippen LogP contribution in [0, 0.1) is 0 Å². The number of amides is 1. The molecule has 0 saturated carbocycles. The summed E-state index contributed by atoms with van der Waals surface area (Å²) in [5.41, 5.74) is 1.01. The number of ether oxygens (including phenoxy) is 2. The molecule has 1 atom stereocenters. The lowest BCUT2D eigenvalue weighted by Gasteiger charge is -2.23. The molecule has 7 heteroatoms. The molecule has 0 fully saturated rings. The predicted molar refractivity (Wildman–Crippen MR) is 99.7 cm³/mol. The summed E-state index contributed by atoms with van der Waals surface area (Å²) < 4.78 is 12.8. The summed E-state index contributed by atoms with van der Waals surface area (Å²) in [6, 6.07) is 14.5. The molecule has 1 N–H and O–H groups in total. The van der Waals surface area contributed by atoms with E-state index in [2.05, 4.69) is 16.8 Å². The lowest BCUT2D eigenvalue weighted by Crippen LogP contribution is -2.35. The van der Waals surface area contributed by atoms with Crippen LogP contribution in [0.15, 0.2) is 71.4 Å². The summed E-state index contributed by atoms with van der Waals surface area (Å²) in [5.74, 6) is 0.426. The van der Waals surface area contributed by atoms with Gasteiger partial charge in [0.25, 0.3) is 0 Å². The van der Waals surface area contributed by atoms with Crippen molar-refractivity contribution in [3.05, 3.63) is 61.2 Å². The number of aromatic nitrogens is 1. The first-order valence-electron chi connectivity index (χ1n) is 8.44. The van der Waals surface area contributed by atoms with Crippen molar-refractivity contribution < 1.29 is 19.4 Å². The molecule has 0 bridgehead atoms.